The van der Waals surface area contributed by atoms with Gasteiger partial charge >= 0.3 is 6.18 Å². The van der Waals surface area contributed by atoms with Crippen molar-refractivity contribution in [2.45, 2.75) is 19.0 Å². The van der Waals surface area contributed by atoms with Crippen molar-refractivity contribution >= 4 is 11.6 Å². The molecule has 0 aromatic heterocycles. The van der Waals surface area contributed by atoms with Crippen molar-refractivity contribution in [1.29, 1.82) is 0 Å². The molecule has 1 nitrogen and oxygen atoms in total. The summed E-state index contributed by atoms with van der Waals surface area (Å²) in [6, 6.07) is 3.93. The smallest absolute Gasteiger partial charge is 0.330 e. The molecule has 84 valence electrons. The first kappa shape index (κ1) is 12.3. The van der Waals surface area contributed by atoms with Crippen LogP contribution < -0.4 is 5.73 Å². The molecule has 0 saturated heterocycles. The van der Waals surface area contributed by atoms with E-state index in [1.165, 1.54) is 6.07 Å². The van der Waals surface area contributed by atoms with E-state index in [1.807, 2.05) is 0 Å². The van der Waals surface area contributed by atoms with E-state index in [1.54, 1.807) is 6.07 Å². The lowest BCUT2D eigenvalue weighted by atomic mass is 10.1. The number of hydrogen-bond acceptors (Lipinski definition) is 1. The van der Waals surface area contributed by atoms with Crippen molar-refractivity contribution in [3.8, 4) is 0 Å². The van der Waals surface area contributed by atoms with Gasteiger partial charge in [-0.2, -0.15) is 13.2 Å². The number of rotatable bonds is 3. The second kappa shape index (κ2) is 4.86. The first-order valence-corrected chi connectivity index (χ1v) is 4.89. The summed E-state index contributed by atoms with van der Waals surface area (Å²) in [4.78, 5) is 0. The van der Waals surface area contributed by atoms with Gasteiger partial charge in [0.05, 0.1) is 10.6 Å². The van der Waals surface area contributed by atoms with Crippen LogP contribution >= 0.6 is 11.6 Å². The van der Waals surface area contributed by atoms with Gasteiger partial charge in [0.25, 0.3) is 0 Å². The number of halogens is 4. The summed E-state index contributed by atoms with van der Waals surface area (Å²) >= 11 is 5.67. The summed E-state index contributed by atoms with van der Waals surface area (Å²) in [5.41, 5.74) is 5.00. The van der Waals surface area contributed by atoms with Gasteiger partial charge in [-0.05, 0) is 31.0 Å². The molecule has 1 aromatic carbocycles. The van der Waals surface area contributed by atoms with Crippen LogP contribution in [0.25, 0.3) is 0 Å². The van der Waals surface area contributed by atoms with Crippen molar-refractivity contribution < 1.29 is 13.2 Å². The molecule has 2 N–H and O–H groups in total. The highest BCUT2D eigenvalue weighted by atomic mass is 35.5. The molecule has 0 aliphatic carbocycles. The van der Waals surface area contributed by atoms with Crippen molar-refractivity contribution in [1.82, 2.24) is 0 Å². The molecular formula is C10H11ClF3N. The molecule has 0 saturated carbocycles. The summed E-state index contributed by atoms with van der Waals surface area (Å²) < 4.78 is 37.3. The molecule has 0 unspecified atom stereocenters. The highest BCUT2D eigenvalue weighted by Crippen LogP contribution is 2.36. The summed E-state index contributed by atoms with van der Waals surface area (Å²) in [6.07, 6.45) is -3.30. The lowest BCUT2D eigenvalue weighted by molar-refractivity contribution is -0.137. The fraction of sp³-hybridized carbons (Fsp3) is 0.400. The predicted molar refractivity (Wildman–Crippen MR) is 53.8 cm³/mol. The van der Waals surface area contributed by atoms with E-state index in [0.29, 0.717) is 24.9 Å². The van der Waals surface area contributed by atoms with Crippen molar-refractivity contribution in [3.05, 3.63) is 34.3 Å². The maximum absolute atomic E-state index is 12.4. The van der Waals surface area contributed by atoms with Crippen molar-refractivity contribution in [2.24, 2.45) is 5.73 Å². The third-order valence-electron chi connectivity index (χ3n) is 2.03. The predicted octanol–water partition coefficient (Wildman–Crippen LogP) is 3.25. The van der Waals surface area contributed by atoms with Gasteiger partial charge < -0.3 is 5.73 Å². The van der Waals surface area contributed by atoms with Gasteiger partial charge in [-0.3, -0.25) is 0 Å². The van der Waals surface area contributed by atoms with Crippen LogP contribution in [-0.4, -0.2) is 6.54 Å². The topological polar surface area (TPSA) is 26.0 Å². The van der Waals surface area contributed by atoms with Gasteiger partial charge in [0, 0.05) is 0 Å². The molecule has 0 amide bonds. The number of alkyl halides is 3. The lowest BCUT2D eigenvalue weighted by Crippen LogP contribution is -2.08. The summed E-state index contributed by atoms with van der Waals surface area (Å²) in [6.45, 7) is 0.437. The van der Waals surface area contributed by atoms with Crippen molar-refractivity contribution in [2.75, 3.05) is 6.54 Å². The zero-order chi connectivity index (χ0) is 11.5. The van der Waals surface area contributed by atoms with Crippen LogP contribution in [0.2, 0.25) is 5.02 Å². The SMILES string of the molecule is NCCCc1cccc(C(F)(F)F)c1Cl. The van der Waals surface area contributed by atoms with Crippen LogP contribution in [0.1, 0.15) is 17.5 Å². The third-order valence-corrected chi connectivity index (χ3v) is 2.48. The van der Waals surface area contributed by atoms with Gasteiger partial charge in [-0.25, -0.2) is 0 Å². The average Bonchev–Trinajstić information content (AvgIpc) is 2.14. The van der Waals surface area contributed by atoms with Crippen LogP contribution in [0.3, 0.4) is 0 Å². The Morgan fingerprint density at radius 1 is 1.27 bits per heavy atom. The van der Waals surface area contributed by atoms with Crippen LogP contribution in [0.15, 0.2) is 18.2 Å². The monoisotopic (exact) mass is 237 g/mol. The molecule has 0 aliphatic rings. The van der Waals surface area contributed by atoms with Crippen LogP contribution in [-0.2, 0) is 12.6 Å². The van der Waals surface area contributed by atoms with E-state index in [4.69, 9.17) is 17.3 Å². The van der Waals surface area contributed by atoms with E-state index in [9.17, 15) is 13.2 Å². The molecule has 0 bridgehead atoms. The number of hydrogen-bond donors (Lipinski definition) is 1. The fourth-order valence-electron chi connectivity index (χ4n) is 1.28. The summed E-state index contributed by atoms with van der Waals surface area (Å²) in [5, 5.41) is -0.210. The quantitative estimate of drug-likeness (QED) is 0.858. The van der Waals surface area contributed by atoms with Gasteiger partial charge in [0.1, 0.15) is 0 Å². The van der Waals surface area contributed by atoms with E-state index in [-0.39, 0.29) is 5.02 Å². The Labute approximate surface area is 91.0 Å². The minimum atomic E-state index is -4.39. The molecule has 0 fully saturated rings. The molecule has 0 atom stereocenters. The second-order valence-electron chi connectivity index (χ2n) is 3.17. The van der Waals surface area contributed by atoms with Crippen LogP contribution in [0, 0.1) is 0 Å². The highest BCUT2D eigenvalue weighted by Gasteiger charge is 2.33. The first-order chi connectivity index (χ1) is 6.96. The van der Waals surface area contributed by atoms with Crippen molar-refractivity contribution in [3.63, 3.8) is 0 Å². The number of aryl methyl sites for hydroxylation is 1. The Balaban J connectivity index is 3.01. The Bertz CT molecular complexity index is 336. The van der Waals surface area contributed by atoms with E-state index >= 15 is 0 Å². The second-order valence-corrected chi connectivity index (χ2v) is 3.55. The lowest BCUT2D eigenvalue weighted by Gasteiger charge is -2.11. The maximum atomic E-state index is 12.4. The average molecular weight is 238 g/mol. The highest BCUT2D eigenvalue weighted by molar-refractivity contribution is 6.32. The van der Waals surface area contributed by atoms with Gasteiger partial charge in [0.2, 0.25) is 0 Å². The Hall–Kier alpha value is -0.740. The molecule has 15 heavy (non-hydrogen) atoms. The van der Waals surface area contributed by atoms with Crippen LogP contribution in [0.4, 0.5) is 13.2 Å². The molecule has 1 rings (SSSR count). The van der Waals surface area contributed by atoms with E-state index in [2.05, 4.69) is 0 Å². The van der Waals surface area contributed by atoms with E-state index in [0.717, 1.165) is 6.07 Å². The largest absolute Gasteiger partial charge is 0.417 e. The molecular weight excluding hydrogens is 227 g/mol. The molecule has 0 aliphatic heterocycles. The maximum Gasteiger partial charge on any atom is 0.417 e. The van der Waals surface area contributed by atoms with E-state index < -0.39 is 11.7 Å². The van der Waals surface area contributed by atoms with Gasteiger partial charge in [-0.1, -0.05) is 23.7 Å². The zero-order valence-electron chi connectivity index (χ0n) is 7.94. The molecule has 0 spiro atoms. The first-order valence-electron chi connectivity index (χ1n) is 4.51. The summed E-state index contributed by atoms with van der Waals surface area (Å²) in [5.74, 6) is 0. The van der Waals surface area contributed by atoms with Gasteiger partial charge in [-0.15, -0.1) is 0 Å². The van der Waals surface area contributed by atoms with Gasteiger partial charge in [0.15, 0.2) is 0 Å². The van der Waals surface area contributed by atoms with Crippen LogP contribution in [0.5, 0.6) is 0 Å². The molecule has 1 aromatic rings. The number of benzene rings is 1. The third kappa shape index (κ3) is 3.11. The standard InChI is InChI=1S/C10H11ClF3N/c11-9-7(4-2-6-15)3-1-5-8(9)10(12,13)14/h1,3,5H,2,4,6,15H2. The zero-order valence-corrected chi connectivity index (χ0v) is 8.70. The fourth-order valence-corrected chi connectivity index (χ4v) is 1.61. The molecule has 0 radical (unpaired) electrons. The Kier molecular flexibility index (Phi) is 3.99. The summed E-state index contributed by atoms with van der Waals surface area (Å²) in [7, 11) is 0. The Morgan fingerprint density at radius 2 is 1.93 bits per heavy atom. The molecule has 0 heterocycles. The normalized spacial score (nSPS) is 11.8. The minimum Gasteiger partial charge on any atom is -0.330 e. The Morgan fingerprint density at radius 3 is 2.47 bits per heavy atom. The molecule has 5 heteroatoms. The number of nitrogens with two attached hydrogens (primary N) is 1. The minimum absolute atomic E-state index is 0.210.